The van der Waals surface area contributed by atoms with Gasteiger partial charge in [-0.05, 0) is 36.0 Å². The van der Waals surface area contributed by atoms with E-state index in [4.69, 9.17) is 17.4 Å². The maximum Gasteiger partial charge on any atom is 0.271 e. The summed E-state index contributed by atoms with van der Waals surface area (Å²) in [5.41, 5.74) is 1.25. The van der Waals surface area contributed by atoms with Gasteiger partial charge in [0.15, 0.2) is 5.11 Å². The average molecular weight is 366 g/mol. The van der Waals surface area contributed by atoms with Gasteiger partial charge in [0.1, 0.15) is 0 Å². The number of anilines is 1. The topological polar surface area (TPSA) is 127 Å². The Morgan fingerprint density at radius 2 is 1.88 bits per heavy atom. The molecule has 0 radical (unpaired) electrons. The maximum atomic E-state index is 11.2. The molecule has 0 aliphatic carbocycles. The third kappa shape index (κ3) is 4.98. The average Bonchev–Trinajstić information content (AvgIpc) is 2.53. The highest BCUT2D eigenvalue weighted by atomic mass is 32.2. The van der Waals surface area contributed by atoms with E-state index in [9.17, 15) is 18.5 Å². The van der Waals surface area contributed by atoms with Gasteiger partial charge in [-0.3, -0.25) is 10.1 Å². The molecule has 0 aromatic heterocycles. The highest BCUT2D eigenvalue weighted by Crippen LogP contribution is 2.17. The van der Waals surface area contributed by atoms with Gasteiger partial charge in [-0.1, -0.05) is 18.2 Å². The lowest BCUT2D eigenvalue weighted by Gasteiger charge is -2.10. The highest BCUT2D eigenvalue weighted by Gasteiger charge is 2.08. The summed E-state index contributed by atoms with van der Waals surface area (Å²) < 4.78 is 22.3. The van der Waals surface area contributed by atoms with Gasteiger partial charge in [0.25, 0.3) is 5.69 Å². The number of nitrogens with zero attached hydrogens (tertiary/aromatic N) is 1. The van der Waals surface area contributed by atoms with Crippen LogP contribution in [0.5, 0.6) is 0 Å². The number of thiocarbonyl (C=S) groups is 1. The lowest BCUT2D eigenvalue weighted by atomic mass is 10.2. The summed E-state index contributed by atoms with van der Waals surface area (Å²) in [5.74, 6) is 0. The van der Waals surface area contributed by atoms with E-state index in [0.717, 1.165) is 5.56 Å². The SMILES string of the molecule is NS(=O)(=O)c1ccc(CNC(=S)Nc2cccc([N+](=O)[O-])c2)cc1. The van der Waals surface area contributed by atoms with Gasteiger partial charge in [0, 0.05) is 24.4 Å². The summed E-state index contributed by atoms with van der Waals surface area (Å²) in [5, 5.41) is 21.8. The van der Waals surface area contributed by atoms with E-state index in [1.54, 1.807) is 24.3 Å². The molecule has 0 bridgehead atoms. The van der Waals surface area contributed by atoms with Crippen molar-refractivity contribution in [3.05, 3.63) is 64.2 Å². The van der Waals surface area contributed by atoms with Crippen LogP contribution in [0, 0.1) is 10.1 Å². The standard InChI is InChI=1S/C14H14N4O4S2/c15-24(21,22)13-6-4-10(5-7-13)9-16-14(23)17-11-2-1-3-12(8-11)18(19)20/h1-8H,9H2,(H2,15,21,22)(H2,16,17,23). The Labute approximate surface area is 143 Å². The van der Waals surface area contributed by atoms with Gasteiger partial charge < -0.3 is 10.6 Å². The molecule has 2 rings (SSSR count). The van der Waals surface area contributed by atoms with Crippen LogP contribution in [-0.2, 0) is 16.6 Å². The van der Waals surface area contributed by atoms with E-state index in [2.05, 4.69) is 10.6 Å². The first-order valence-corrected chi connectivity index (χ1v) is 8.62. The number of primary sulfonamides is 1. The summed E-state index contributed by atoms with van der Waals surface area (Å²) in [4.78, 5) is 10.3. The van der Waals surface area contributed by atoms with E-state index in [-0.39, 0.29) is 15.7 Å². The van der Waals surface area contributed by atoms with Crippen LogP contribution in [0.15, 0.2) is 53.4 Å². The van der Waals surface area contributed by atoms with Crippen molar-refractivity contribution < 1.29 is 13.3 Å². The predicted molar refractivity (Wildman–Crippen MR) is 94.0 cm³/mol. The zero-order valence-corrected chi connectivity index (χ0v) is 13.9. The molecule has 0 spiro atoms. The summed E-state index contributed by atoms with van der Waals surface area (Å²) in [7, 11) is -3.72. The predicted octanol–water partition coefficient (Wildman–Crippen LogP) is 1.73. The fourth-order valence-corrected chi connectivity index (χ4v) is 2.56. The lowest BCUT2D eigenvalue weighted by Crippen LogP contribution is -2.27. The van der Waals surface area contributed by atoms with Crippen molar-refractivity contribution >= 4 is 38.7 Å². The molecule has 0 fully saturated rings. The van der Waals surface area contributed by atoms with Crippen LogP contribution in [0.4, 0.5) is 11.4 Å². The van der Waals surface area contributed by atoms with Crippen molar-refractivity contribution in [2.24, 2.45) is 5.14 Å². The number of nitro groups is 1. The second-order valence-corrected chi connectivity index (χ2v) is 6.77. The normalized spacial score (nSPS) is 10.9. The van der Waals surface area contributed by atoms with Crippen molar-refractivity contribution in [3.63, 3.8) is 0 Å². The molecule has 0 saturated heterocycles. The van der Waals surface area contributed by atoms with E-state index >= 15 is 0 Å². The van der Waals surface area contributed by atoms with E-state index in [0.29, 0.717) is 12.2 Å². The quantitative estimate of drug-likeness (QED) is 0.418. The Kier molecular flexibility index (Phi) is 5.44. The second kappa shape index (κ2) is 7.34. The Balaban J connectivity index is 1.94. The minimum absolute atomic E-state index is 0.0311. The van der Waals surface area contributed by atoms with Crippen LogP contribution < -0.4 is 15.8 Å². The summed E-state index contributed by atoms with van der Waals surface area (Å²) in [6, 6.07) is 12.0. The number of sulfonamides is 1. The third-order valence-corrected chi connectivity index (χ3v) is 4.20. The Morgan fingerprint density at radius 3 is 2.46 bits per heavy atom. The smallest absolute Gasteiger partial charge is 0.271 e. The molecule has 24 heavy (non-hydrogen) atoms. The molecule has 0 atom stereocenters. The number of non-ortho nitro benzene ring substituents is 1. The number of hydrogen-bond acceptors (Lipinski definition) is 5. The van der Waals surface area contributed by atoms with E-state index in [1.165, 1.54) is 24.3 Å². The molecule has 2 aromatic carbocycles. The van der Waals surface area contributed by atoms with Gasteiger partial charge in [0.2, 0.25) is 10.0 Å². The molecule has 126 valence electrons. The fourth-order valence-electron chi connectivity index (χ4n) is 1.85. The summed E-state index contributed by atoms with van der Waals surface area (Å²) >= 11 is 5.12. The van der Waals surface area contributed by atoms with Crippen molar-refractivity contribution in [1.82, 2.24) is 5.32 Å². The first kappa shape index (κ1) is 17.8. The Bertz CT molecular complexity index is 867. The number of hydrogen-bond donors (Lipinski definition) is 3. The van der Waals surface area contributed by atoms with Crippen LogP contribution in [0.3, 0.4) is 0 Å². The van der Waals surface area contributed by atoms with E-state index < -0.39 is 14.9 Å². The van der Waals surface area contributed by atoms with Crippen LogP contribution in [-0.4, -0.2) is 18.5 Å². The monoisotopic (exact) mass is 366 g/mol. The molecular weight excluding hydrogens is 352 g/mol. The third-order valence-electron chi connectivity index (χ3n) is 3.02. The van der Waals surface area contributed by atoms with Crippen molar-refractivity contribution in [1.29, 1.82) is 0 Å². The van der Waals surface area contributed by atoms with Crippen LogP contribution in [0.25, 0.3) is 0 Å². The molecule has 0 saturated carbocycles. The minimum atomic E-state index is -3.72. The number of benzene rings is 2. The van der Waals surface area contributed by atoms with Crippen molar-refractivity contribution in [2.45, 2.75) is 11.4 Å². The molecular formula is C14H14N4O4S2. The lowest BCUT2D eigenvalue weighted by molar-refractivity contribution is -0.384. The molecule has 0 heterocycles. The number of nitrogens with two attached hydrogens (primary N) is 1. The largest absolute Gasteiger partial charge is 0.358 e. The fraction of sp³-hybridized carbons (Fsp3) is 0.0714. The Hall–Kier alpha value is -2.56. The van der Waals surface area contributed by atoms with Gasteiger partial charge >= 0.3 is 0 Å². The number of nitrogens with one attached hydrogen (secondary N) is 2. The molecule has 0 aliphatic rings. The van der Waals surface area contributed by atoms with Gasteiger partial charge in [-0.25, -0.2) is 13.6 Å². The van der Waals surface area contributed by atoms with Crippen LogP contribution >= 0.6 is 12.2 Å². The summed E-state index contributed by atoms with van der Waals surface area (Å²) in [6.45, 7) is 0.353. The van der Waals surface area contributed by atoms with Crippen LogP contribution in [0.2, 0.25) is 0 Å². The first-order chi connectivity index (χ1) is 11.3. The van der Waals surface area contributed by atoms with Crippen molar-refractivity contribution in [3.8, 4) is 0 Å². The second-order valence-electron chi connectivity index (χ2n) is 4.80. The number of nitro benzene ring substituents is 1. The van der Waals surface area contributed by atoms with E-state index in [1.807, 2.05) is 0 Å². The molecule has 2 aromatic rings. The molecule has 4 N–H and O–H groups in total. The molecule has 0 amide bonds. The highest BCUT2D eigenvalue weighted by molar-refractivity contribution is 7.89. The molecule has 0 unspecified atom stereocenters. The van der Waals surface area contributed by atoms with Crippen molar-refractivity contribution in [2.75, 3.05) is 5.32 Å². The maximum absolute atomic E-state index is 11.2. The zero-order valence-electron chi connectivity index (χ0n) is 12.3. The Morgan fingerprint density at radius 1 is 1.21 bits per heavy atom. The minimum Gasteiger partial charge on any atom is -0.358 e. The molecule has 8 nitrogen and oxygen atoms in total. The van der Waals surface area contributed by atoms with Gasteiger partial charge in [-0.15, -0.1) is 0 Å². The van der Waals surface area contributed by atoms with Crippen LogP contribution in [0.1, 0.15) is 5.56 Å². The molecule has 0 aliphatic heterocycles. The summed E-state index contributed by atoms with van der Waals surface area (Å²) in [6.07, 6.45) is 0. The number of rotatable bonds is 5. The van der Waals surface area contributed by atoms with Gasteiger partial charge in [0.05, 0.1) is 9.82 Å². The first-order valence-electron chi connectivity index (χ1n) is 6.67. The molecule has 10 heteroatoms. The zero-order chi connectivity index (χ0) is 17.7. The van der Waals surface area contributed by atoms with Gasteiger partial charge in [-0.2, -0.15) is 0 Å².